The molecule has 6 heteroatoms. The smallest absolute Gasteiger partial charge is 0.856 e. The van der Waals surface area contributed by atoms with Crippen LogP contribution in [-0.4, -0.2) is 23.1 Å². The Balaban J connectivity index is 0.000000644. The van der Waals surface area contributed by atoms with Crippen LogP contribution in [0, 0.1) is 6.92 Å². The Morgan fingerprint density at radius 2 is 1.90 bits per heavy atom. The van der Waals surface area contributed by atoms with Crippen LogP contribution in [0.4, 0.5) is 0 Å². The van der Waals surface area contributed by atoms with Gasteiger partial charge in [0.15, 0.2) is 0 Å². The first-order valence-electron chi connectivity index (χ1n) is 6.75. The third-order valence-corrected chi connectivity index (χ3v) is 3.31. The fourth-order valence-electron chi connectivity index (χ4n) is 2.41. The molecule has 0 unspecified atom stereocenters. The van der Waals surface area contributed by atoms with Crippen molar-refractivity contribution in [2.75, 3.05) is 13.2 Å². The Morgan fingerprint density at radius 3 is 2.40 bits per heavy atom. The topological polar surface area (TPSA) is 89.1 Å². The second kappa shape index (κ2) is 9.99. The molecule has 1 aliphatic rings. The van der Waals surface area contributed by atoms with Crippen LogP contribution in [0.5, 0.6) is 0 Å². The molecule has 0 atom stereocenters. The van der Waals surface area contributed by atoms with Gasteiger partial charge in [0.25, 0.3) is 5.56 Å². The molecular formula is C14H22CuN2O3. The molecule has 117 valence electrons. The molecule has 0 aliphatic heterocycles. The predicted octanol–water partition coefficient (Wildman–Crippen LogP) is 1.84. The minimum absolute atomic E-state index is 0. The first kappa shape index (κ1) is 19.2. The van der Waals surface area contributed by atoms with Gasteiger partial charge < -0.3 is 16.0 Å². The van der Waals surface area contributed by atoms with E-state index in [4.69, 9.17) is 10.8 Å². The summed E-state index contributed by atoms with van der Waals surface area (Å²) in [7, 11) is 0. The maximum absolute atomic E-state index is 11.4. The zero-order valence-corrected chi connectivity index (χ0v) is 12.6. The van der Waals surface area contributed by atoms with Crippen LogP contribution in [0.3, 0.4) is 0 Å². The van der Waals surface area contributed by atoms with Crippen LogP contribution in [0.25, 0.3) is 5.73 Å². The van der Waals surface area contributed by atoms with E-state index in [-0.39, 0.29) is 35.8 Å². The van der Waals surface area contributed by atoms with E-state index < -0.39 is 0 Å². The van der Waals surface area contributed by atoms with Gasteiger partial charge in [-0.05, 0) is 31.4 Å². The third kappa shape index (κ3) is 5.67. The second-order valence-corrected chi connectivity index (χ2v) is 4.90. The molecule has 1 heterocycles. The summed E-state index contributed by atoms with van der Waals surface area (Å²) in [4.78, 5) is 11.4. The molecule has 1 aromatic rings. The van der Waals surface area contributed by atoms with Gasteiger partial charge in [-0.1, -0.05) is 19.3 Å². The van der Waals surface area contributed by atoms with Crippen LogP contribution in [0.15, 0.2) is 16.9 Å². The minimum Gasteiger partial charge on any atom is -0.856 e. The van der Waals surface area contributed by atoms with Crippen LogP contribution >= 0.6 is 0 Å². The normalized spacial score (nSPS) is 14.9. The Hall–Kier alpha value is -0.811. The summed E-state index contributed by atoms with van der Waals surface area (Å²) in [6.07, 6.45) is 5.85. The monoisotopic (exact) mass is 329 g/mol. The van der Waals surface area contributed by atoms with Gasteiger partial charge in [-0.2, -0.15) is 17.9 Å². The quantitative estimate of drug-likeness (QED) is 0.663. The molecule has 1 aromatic heterocycles. The van der Waals surface area contributed by atoms with Crippen LogP contribution in [-0.2, 0) is 17.1 Å². The minimum atomic E-state index is -0.310. The van der Waals surface area contributed by atoms with E-state index in [0.717, 1.165) is 28.8 Å². The van der Waals surface area contributed by atoms with E-state index in [1.165, 1.54) is 25.3 Å². The molecule has 0 aromatic carbocycles. The van der Waals surface area contributed by atoms with Crippen molar-refractivity contribution in [2.24, 2.45) is 0 Å². The van der Waals surface area contributed by atoms with Gasteiger partial charge in [0.05, 0.1) is 5.69 Å². The zero-order chi connectivity index (χ0) is 14.3. The van der Waals surface area contributed by atoms with Gasteiger partial charge in [-0.15, -0.1) is 0 Å². The Bertz CT molecular complexity index is 441. The van der Waals surface area contributed by atoms with Crippen molar-refractivity contribution in [3.8, 4) is 0 Å². The van der Waals surface area contributed by atoms with Crippen molar-refractivity contribution in [1.82, 2.24) is 4.73 Å². The molecule has 0 saturated heterocycles. The zero-order valence-electron chi connectivity index (χ0n) is 11.7. The largest absolute Gasteiger partial charge is 2.00 e. The molecule has 1 fully saturated rings. The van der Waals surface area contributed by atoms with Crippen molar-refractivity contribution in [1.29, 1.82) is 0 Å². The first-order chi connectivity index (χ1) is 9.10. The van der Waals surface area contributed by atoms with Gasteiger partial charge in [0.1, 0.15) is 0 Å². The van der Waals surface area contributed by atoms with E-state index in [2.05, 4.69) is 0 Å². The van der Waals surface area contributed by atoms with Crippen molar-refractivity contribution in [3.63, 3.8) is 0 Å². The van der Waals surface area contributed by atoms with Gasteiger partial charge in [0, 0.05) is 12.0 Å². The number of aryl methyl sites for hydroxylation is 1. The molecular weight excluding hydrogens is 308 g/mol. The number of aromatic nitrogens is 1. The summed E-state index contributed by atoms with van der Waals surface area (Å²) < 4.78 is 0.822. The Kier molecular flexibility index (Phi) is 9.59. The summed E-state index contributed by atoms with van der Waals surface area (Å²) in [6, 6.07) is 3.39. The van der Waals surface area contributed by atoms with E-state index in [0.29, 0.717) is 5.92 Å². The van der Waals surface area contributed by atoms with Gasteiger partial charge >= 0.3 is 17.1 Å². The van der Waals surface area contributed by atoms with Gasteiger partial charge in [-0.3, -0.25) is 4.79 Å². The van der Waals surface area contributed by atoms with E-state index >= 15 is 0 Å². The third-order valence-electron chi connectivity index (χ3n) is 3.31. The number of nitrogens with zero attached hydrogens (tertiary/aromatic N) is 1. The maximum Gasteiger partial charge on any atom is 2.00 e. The number of nitrogens with one attached hydrogen (secondary N) is 1. The van der Waals surface area contributed by atoms with E-state index in [1.54, 1.807) is 0 Å². The van der Waals surface area contributed by atoms with Crippen molar-refractivity contribution in [3.05, 3.63) is 39.5 Å². The van der Waals surface area contributed by atoms with Crippen LogP contribution in [0.1, 0.15) is 49.3 Å². The molecule has 0 bridgehead atoms. The summed E-state index contributed by atoms with van der Waals surface area (Å²) in [6.45, 7) is 1.65. The Morgan fingerprint density at radius 1 is 1.35 bits per heavy atom. The standard InChI is InChI=1S/C12H17NO2.C2H5NO.Cu/c1-9-7-11(13(15)12(14)8-9)10-5-3-2-4-6-10;3-1-2-4;/h7-8,10,15H,2-6H2,1H3;3H,1-2H2;/q;-2;+2. The SMILES string of the molecule is Cc1cc(C2CCCCC2)n(O)c(=O)c1.[Cu+2].[NH-]CC[O-]. The fourth-order valence-corrected chi connectivity index (χ4v) is 2.41. The molecule has 1 saturated carbocycles. The molecule has 5 nitrogen and oxygen atoms in total. The average molecular weight is 330 g/mol. The predicted molar refractivity (Wildman–Crippen MR) is 72.5 cm³/mol. The molecule has 1 radical (unpaired) electrons. The van der Waals surface area contributed by atoms with E-state index in [1.807, 2.05) is 13.0 Å². The molecule has 0 amide bonds. The number of pyridine rings is 1. The summed E-state index contributed by atoms with van der Waals surface area (Å²) in [5, 5.41) is 18.8. The fraction of sp³-hybridized carbons (Fsp3) is 0.643. The Labute approximate surface area is 130 Å². The molecule has 1 aliphatic carbocycles. The van der Waals surface area contributed by atoms with Crippen LogP contribution in [0.2, 0.25) is 0 Å². The molecule has 2 N–H and O–H groups in total. The molecule has 0 spiro atoms. The summed E-state index contributed by atoms with van der Waals surface area (Å²) in [5.41, 5.74) is 7.56. The van der Waals surface area contributed by atoms with Gasteiger partial charge in [-0.25, -0.2) is 0 Å². The number of rotatable bonds is 2. The molecule has 2 rings (SSSR count). The second-order valence-electron chi connectivity index (χ2n) is 4.90. The molecule has 20 heavy (non-hydrogen) atoms. The summed E-state index contributed by atoms with van der Waals surface area (Å²) >= 11 is 0. The number of hydrogen-bond donors (Lipinski definition) is 1. The van der Waals surface area contributed by atoms with Crippen molar-refractivity contribution < 1.29 is 27.4 Å². The van der Waals surface area contributed by atoms with Crippen molar-refractivity contribution in [2.45, 2.75) is 44.9 Å². The number of hydrogen-bond acceptors (Lipinski definition) is 3. The van der Waals surface area contributed by atoms with Crippen molar-refractivity contribution >= 4 is 0 Å². The first-order valence-corrected chi connectivity index (χ1v) is 6.75. The average Bonchev–Trinajstić information content (AvgIpc) is 2.44. The van der Waals surface area contributed by atoms with E-state index in [9.17, 15) is 10.0 Å². The van der Waals surface area contributed by atoms with Crippen LogP contribution < -0.4 is 10.7 Å². The van der Waals surface area contributed by atoms with Gasteiger partial charge in [0.2, 0.25) is 0 Å². The summed E-state index contributed by atoms with van der Waals surface area (Å²) in [5.74, 6) is 0.358. The maximum atomic E-state index is 11.4.